The van der Waals surface area contributed by atoms with Crippen LogP contribution >= 0.6 is 11.6 Å². The van der Waals surface area contributed by atoms with Gasteiger partial charge in [0.2, 0.25) is 0 Å². The molecule has 0 aromatic heterocycles. The van der Waals surface area contributed by atoms with Crippen molar-refractivity contribution in [3.8, 4) is 5.75 Å². The molecule has 2 aromatic rings. The first kappa shape index (κ1) is 15.2. The van der Waals surface area contributed by atoms with E-state index in [-0.39, 0.29) is 11.8 Å². The fourth-order valence-corrected chi connectivity index (χ4v) is 2.17. The monoisotopic (exact) mass is 305 g/mol. The number of rotatable bonds is 4. The third-order valence-corrected chi connectivity index (χ3v) is 3.48. The number of ether oxygens (including phenoxy) is 1. The van der Waals surface area contributed by atoms with Crippen LogP contribution in [0.15, 0.2) is 42.5 Å². The minimum Gasteiger partial charge on any atom is -0.508 e. The zero-order valence-electron chi connectivity index (χ0n) is 11.8. The second-order valence-electron chi connectivity index (χ2n) is 4.64. The van der Waals surface area contributed by atoms with Crippen LogP contribution < -0.4 is 5.32 Å². The lowest BCUT2D eigenvalue weighted by Gasteiger charge is -2.16. The molecule has 0 aliphatic heterocycles. The van der Waals surface area contributed by atoms with E-state index in [4.69, 9.17) is 16.3 Å². The molecular weight excluding hydrogens is 290 g/mol. The number of anilines is 1. The molecule has 1 atom stereocenters. The van der Waals surface area contributed by atoms with E-state index in [1.165, 1.54) is 7.11 Å². The summed E-state index contributed by atoms with van der Waals surface area (Å²) in [5.41, 5.74) is 2.10. The van der Waals surface area contributed by atoms with E-state index in [1.807, 2.05) is 19.1 Å². The predicted octanol–water partition coefficient (Wildman–Crippen LogP) is 4.01. The number of aromatic hydroxyl groups is 1. The maximum Gasteiger partial charge on any atom is 0.339 e. The summed E-state index contributed by atoms with van der Waals surface area (Å²) >= 11 is 5.98. The molecule has 0 radical (unpaired) electrons. The minimum absolute atomic E-state index is 0.0114. The van der Waals surface area contributed by atoms with Gasteiger partial charge in [0, 0.05) is 11.7 Å². The fourth-order valence-electron chi connectivity index (χ4n) is 1.98. The van der Waals surface area contributed by atoms with E-state index in [1.54, 1.807) is 30.3 Å². The Hall–Kier alpha value is -2.20. The van der Waals surface area contributed by atoms with E-state index < -0.39 is 5.97 Å². The van der Waals surface area contributed by atoms with Gasteiger partial charge in [-0.3, -0.25) is 0 Å². The van der Waals surface area contributed by atoms with Gasteiger partial charge in [0.05, 0.1) is 17.7 Å². The number of benzene rings is 2. The number of hydrogen-bond donors (Lipinski definition) is 2. The van der Waals surface area contributed by atoms with Crippen LogP contribution in [-0.2, 0) is 4.74 Å². The summed E-state index contributed by atoms with van der Waals surface area (Å²) in [4.78, 5) is 11.6. The van der Waals surface area contributed by atoms with Crippen molar-refractivity contribution in [3.63, 3.8) is 0 Å². The molecular formula is C16H16ClNO3. The van der Waals surface area contributed by atoms with Crippen LogP contribution in [0.25, 0.3) is 0 Å². The average Bonchev–Trinajstić information content (AvgIpc) is 2.49. The van der Waals surface area contributed by atoms with Crippen LogP contribution in [-0.4, -0.2) is 18.2 Å². The largest absolute Gasteiger partial charge is 0.508 e. The lowest BCUT2D eigenvalue weighted by atomic mass is 10.1. The van der Waals surface area contributed by atoms with Crippen molar-refractivity contribution < 1.29 is 14.6 Å². The molecule has 0 fully saturated rings. The number of nitrogens with one attached hydrogen (secondary N) is 1. The summed E-state index contributed by atoms with van der Waals surface area (Å²) < 4.78 is 4.70. The third kappa shape index (κ3) is 3.67. The topological polar surface area (TPSA) is 58.6 Å². The highest BCUT2D eigenvalue weighted by atomic mass is 35.5. The zero-order chi connectivity index (χ0) is 15.4. The summed E-state index contributed by atoms with van der Waals surface area (Å²) in [6, 6.07) is 12.1. The van der Waals surface area contributed by atoms with Gasteiger partial charge in [0.15, 0.2) is 0 Å². The Morgan fingerprint density at radius 2 is 1.90 bits per heavy atom. The Balaban J connectivity index is 2.19. The number of phenolic OH excluding ortho intramolecular Hbond substituents is 1. The van der Waals surface area contributed by atoms with Gasteiger partial charge < -0.3 is 15.2 Å². The number of hydrogen-bond acceptors (Lipinski definition) is 4. The fraction of sp³-hybridized carbons (Fsp3) is 0.188. The van der Waals surface area contributed by atoms with Crippen LogP contribution in [0.3, 0.4) is 0 Å². The molecule has 0 saturated heterocycles. The Bertz CT molecular complexity index is 640. The second-order valence-corrected chi connectivity index (χ2v) is 5.05. The first-order valence-electron chi connectivity index (χ1n) is 6.44. The van der Waals surface area contributed by atoms with E-state index in [0.717, 1.165) is 11.3 Å². The van der Waals surface area contributed by atoms with Gasteiger partial charge in [-0.2, -0.15) is 0 Å². The molecule has 2 rings (SSSR count). The predicted molar refractivity (Wildman–Crippen MR) is 82.9 cm³/mol. The molecule has 0 aliphatic rings. The number of carbonyl (C=O) groups is 1. The first-order valence-corrected chi connectivity index (χ1v) is 6.82. The quantitative estimate of drug-likeness (QED) is 0.838. The number of halogens is 1. The lowest BCUT2D eigenvalue weighted by molar-refractivity contribution is 0.0601. The summed E-state index contributed by atoms with van der Waals surface area (Å²) in [6.07, 6.45) is 0. The minimum atomic E-state index is -0.471. The first-order chi connectivity index (χ1) is 10.0. The third-order valence-electron chi connectivity index (χ3n) is 3.15. The van der Waals surface area contributed by atoms with Crippen LogP contribution in [0.1, 0.15) is 28.9 Å². The van der Waals surface area contributed by atoms with Gasteiger partial charge in [-0.05, 0) is 42.8 Å². The lowest BCUT2D eigenvalue weighted by Crippen LogP contribution is -2.08. The van der Waals surface area contributed by atoms with Crippen LogP contribution in [0.4, 0.5) is 5.69 Å². The van der Waals surface area contributed by atoms with E-state index >= 15 is 0 Å². The van der Waals surface area contributed by atoms with Gasteiger partial charge in [-0.1, -0.05) is 23.7 Å². The average molecular weight is 306 g/mol. The van der Waals surface area contributed by atoms with E-state index in [2.05, 4.69) is 5.32 Å². The highest BCUT2D eigenvalue weighted by Crippen LogP contribution is 2.25. The summed E-state index contributed by atoms with van der Waals surface area (Å²) in [7, 11) is 1.32. The molecule has 2 aromatic carbocycles. The number of esters is 1. The Labute approximate surface area is 128 Å². The molecule has 0 saturated carbocycles. The van der Waals surface area contributed by atoms with E-state index in [0.29, 0.717) is 10.6 Å². The highest BCUT2D eigenvalue weighted by Gasteiger charge is 2.12. The van der Waals surface area contributed by atoms with Crippen LogP contribution in [0.5, 0.6) is 5.75 Å². The maximum atomic E-state index is 11.6. The molecule has 1 unspecified atom stereocenters. The maximum absolute atomic E-state index is 11.6. The summed E-state index contributed by atoms with van der Waals surface area (Å²) in [5.74, 6) is -0.244. The van der Waals surface area contributed by atoms with Gasteiger partial charge in [0.1, 0.15) is 5.75 Å². The van der Waals surface area contributed by atoms with Crippen LogP contribution in [0, 0.1) is 0 Å². The van der Waals surface area contributed by atoms with E-state index in [9.17, 15) is 9.90 Å². The number of carbonyl (C=O) groups excluding carboxylic acids is 1. The van der Waals surface area contributed by atoms with Gasteiger partial charge >= 0.3 is 5.97 Å². The SMILES string of the molecule is COC(=O)c1cc(NC(C)c2ccc(O)cc2)ccc1Cl. The van der Waals surface area contributed by atoms with Crippen molar-refractivity contribution in [2.24, 2.45) is 0 Å². The number of phenols is 1. The summed E-state index contributed by atoms with van der Waals surface area (Å²) in [6.45, 7) is 1.98. The standard InChI is InChI=1S/C16H16ClNO3/c1-10(11-3-6-13(19)7-4-11)18-12-5-8-15(17)14(9-12)16(20)21-2/h3-10,18-19H,1-2H3. The molecule has 21 heavy (non-hydrogen) atoms. The molecule has 0 heterocycles. The molecule has 0 spiro atoms. The molecule has 0 bridgehead atoms. The smallest absolute Gasteiger partial charge is 0.339 e. The van der Waals surface area contributed by atoms with Crippen molar-refractivity contribution in [2.75, 3.05) is 12.4 Å². The zero-order valence-corrected chi connectivity index (χ0v) is 12.5. The molecule has 110 valence electrons. The van der Waals surface area contributed by atoms with Crippen molar-refractivity contribution in [2.45, 2.75) is 13.0 Å². The summed E-state index contributed by atoms with van der Waals surface area (Å²) in [5, 5.41) is 12.9. The van der Waals surface area contributed by atoms with Gasteiger partial charge in [-0.25, -0.2) is 4.79 Å². The Morgan fingerprint density at radius 3 is 2.52 bits per heavy atom. The van der Waals surface area contributed by atoms with Crippen molar-refractivity contribution in [1.29, 1.82) is 0 Å². The highest BCUT2D eigenvalue weighted by molar-refractivity contribution is 6.33. The van der Waals surface area contributed by atoms with Crippen LogP contribution in [0.2, 0.25) is 5.02 Å². The van der Waals surface area contributed by atoms with Crippen molar-refractivity contribution >= 4 is 23.3 Å². The second kappa shape index (κ2) is 6.50. The molecule has 5 heteroatoms. The number of methoxy groups -OCH3 is 1. The normalized spacial score (nSPS) is 11.8. The van der Waals surface area contributed by atoms with Gasteiger partial charge in [-0.15, -0.1) is 0 Å². The molecule has 0 amide bonds. The van der Waals surface area contributed by atoms with Crippen molar-refractivity contribution in [3.05, 3.63) is 58.6 Å². The molecule has 4 nitrogen and oxygen atoms in total. The molecule has 0 aliphatic carbocycles. The Kier molecular flexibility index (Phi) is 4.70. The molecule has 2 N–H and O–H groups in total. The Morgan fingerprint density at radius 1 is 1.24 bits per heavy atom. The van der Waals surface area contributed by atoms with Gasteiger partial charge in [0.25, 0.3) is 0 Å². The van der Waals surface area contributed by atoms with Crippen molar-refractivity contribution in [1.82, 2.24) is 0 Å².